The Hall–Kier alpha value is -0.120. The van der Waals surface area contributed by atoms with Crippen LogP contribution in [0.3, 0.4) is 0 Å². The van der Waals surface area contributed by atoms with Crippen molar-refractivity contribution < 1.29 is 0 Å². The van der Waals surface area contributed by atoms with Crippen molar-refractivity contribution in [2.24, 2.45) is 0 Å². The van der Waals surface area contributed by atoms with Crippen molar-refractivity contribution in [2.45, 2.75) is 64.0 Å². The molecule has 2 rings (SSSR count). The Morgan fingerprint density at radius 3 is 2.63 bits per heavy atom. The number of likely N-dealkylation sites (tertiary alicyclic amines) is 2. The average molecular weight is 267 g/mol. The van der Waals surface area contributed by atoms with Crippen molar-refractivity contribution in [3.05, 3.63) is 0 Å². The fraction of sp³-hybridized carbons (Fsp3) is 1.00. The fourth-order valence-corrected chi connectivity index (χ4v) is 3.57. The van der Waals surface area contributed by atoms with Gasteiger partial charge in [0.1, 0.15) is 0 Å². The average Bonchev–Trinajstić information content (AvgIpc) is 2.42. The molecule has 0 bridgehead atoms. The molecule has 3 heteroatoms. The van der Waals surface area contributed by atoms with Crippen LogP contribution in [0.5, 0.6) is 0 Å². The van der Waals surface area contributed by atoms with Gasteiger partial charge in [0.2, 0.25) is 0 Å². The van der Waals surface area contributed by atoms with E-state index in [0.29, 0.717) is 0 Å². The van der Waals surface area contributed by atoms with E-state index in [1.165, 1.54) is 77.7 Å². The number of hydrogen-bond donors (Lipinski definition) is 1. The highest BCUT2D eigenvalue weighted by Gasteiger charge is 2.19. The summed E-state index contributed by atoms with van der Waals surface area (Å²) < 4.78 is 0. The van der Waals surface area contributed by atoms with Crippen molar-refractivity contribution in [1.82, 2.24) is 15.1 Å². The number of nitrogens with one attached hydrogen (secondary N) is 1. The summed E-state index contributed by atoms with van der Waals surface area (Å²) in [6.07, 6.45) is 9.74. The van der Waals surface area contributed by atoms with Crippen LogP contribution in [0.2, 0.25) is 0 Å². The van der Waals surface area contributed by atoms with Crippen molar-refractivity contribution in [1.29, 1.82) is 0 Å². The molecule has 0 aromatic rings. The molecule has 0 amide bonds. The quantitative estimate of drug-likeness (QED) is 0.745. The standard InChI is InChI=1S/C16H33N3/c1-15-8-3-6-12-19(15)13-7-10-17-14-16-9-4-5-11-18(16)2/h15-17H,3-14H2,1-2H3. The minimum absolute atomic E-state index is 0.780. The zero-order chi connectivity index (χ0) is 13.5. The Morgan fingerprint density at radius 1 is 1.05 bits per heavy atom. The molecule has 1 N–H and O–H groups in total. The fourth-order valence-electron chi connectivity index (χ4n) is 3.57. The lowest BCUT2D eigenvalue weighted by atomic mass is 10.0. The molecule has 0 radical (unpaired) electrons. The number of nitrogens with zero attached hydrogens (tertiary/aromatic N) is 2. The van der Waals surface area contributed by atoms with Gasteiger partial charge in [-0.15, -0.1) is 0 Å². The zero-order valence-corrected chi connectivity index (χ0v) is 13.0. The maximum absolute atomic E-state index is 3.67. The van der Waals surface area contributed by atoms with E-state index in [2.05, 4.69) is 29.1 Å². The van der Waals surface area contributed by atoms with Crippen LogP contribution < -0.4 is 5.32 Å². The van der Waals surface area contributed by atoms with Gasteiger partial charge in [-0.25, -0.2) is 0 Å². The summed E-state index contributed by atoms with van der Waals surface area (Å²) in [6, 6.07) is 1.60. The first-order chi connectivity index (χ1) is 9.27. The van der Waals surface area contributed by atoms with E-state index >= 15 is 0 Å². The predicted octanol–water partition coefficient (Wildman–Crippen LogP) is 2.32. The molecule has 112 valence electrons. The highest BCUT2D eigenvalue weighted by atomic mass is 15.2. The molecule has 2 saturated heterocycles. The van der Waals surface area contributed by atoms with Crippen molar-refractivity contribution in [3.8, 4) is 0 Å². The second-order valence-corrected chi connectivity index (χ2v) is 6.57. The summed E-state index contributed by atoms with van der Waals surface area (Å²) >= 11 is 0. The summed E-state index contributed by atoms with van der Waals surface area (Å²) in [4.78, 5) is 5.21. The van der Waals surface area contributed by atoms with Gasteiger partial charge in [0, 0.05) is 18.6 Å². The topological polar surface area (TPSA) is 18.5 Å². The SMILES string of the molecule is CC1CCCCN1CCCNCC1CCCCN1C. The van der Waals surface area contributed by atoms with Crippen LogP contribution in [0.15, 0.2) is 0 Å². The largest absolute Gasteiger partial charge is 0.315 e. The summed E-state index contributed by atoms with van der Waals surface area (Å²) in [7, 11) is 2.28. The first-order valence-corrected chi connectivity index (χ1v) is 8.42. The Balaban J connectivity index is 1.51. The monoisotopic (exact) mass is 267 g/mol. The summed E-state index contributed by atoms with van der Waals surface area (Å²) in [6.45, 7) is 8.67. The lowest BCUT2D eigenvalue weighted by Crippen LogP contribution is -2.44. The molecule has 19 heavy (non-hydrogen) atoms. The van der Waals surface area contributed by atoms with Crippen LogP contribution in [-0.4, -0.2) is 61.7 Å². The molecule has 2 aliphatic heterocycles. The third-order valence-electron chi connectivity index (χ3n) is 5.04. The molecular formula is C16H33N3. The van der Waals surface area contributed by atoms with Crippen LogP contribution in [0.25, 0.3) is 0 Å². The van der Waals surface area contributed by atoms with Gasteiger partial charge in [0.25, 0.3) is 0 Å². The number of piperidine rings is 2. The second kappa shape index (κ2) is 8.23. The number of likely N-dealkylation sites (N-methyl/N-ethyl adjacent to an activating group) is 1. The van der Waals surface area contributed by atoms with Gasteiger partial charge in [-0.1, -0.05) is 12.8 Å². The molecule has 0 aromatic carbocycles. The molecule has 2 aliphatic rings. The molecule has 2 unspecified atom stereocenters. The lowest BCUT2D eigenvalue weighted by Gasteiger charge is -2.34. The maximum atomic E-state index is 3.67. The van der Waals surface area contributed by atoms with E-state index in [4.69, 9.17) is 0 Å². The summed E-state index contributed by atoms with van der Waals surface area (Å²) in [5.74, 6) is 0. The number of hydrogen-bond acceptors (Lipinski definition) is 3. The van der Waals surface area contributed by atoms with Crippen molar-refractivity contribution in [2.75, 3.05) is 39.8 Å². The summed E-state index contributed by atoms with van der Waals surface area (Å²) in [5, 5.41) is 3.67. The molecule has 2 heterocycles. The molecule has 0 aromatic heterocycles. The van der Waals surface area contributed by atoms with Gasteiger partial charge in [-0.2, -0.15) is 0 Å². The first kappa shape index (κ1) is 15.3. The highest BCUT2D eigenvalue weighted by molar-refractivity contribution is 4.77. The lowest BCUT2D eigenvalue weighted by molar-refractivity contribution is 0.156. The van der Waals surface area contributed by atoms with Crippen molar-refractivity contribution in [3.63, 3.8) is 0 Å². The second-order valence-electron chi connectivity index (χ2n) is 6.57. The van der Waals surface area contributed by atoms with E-state index in [1.807, 2.05) is 0 Å². The van der Waals surface area contributed by atoms with E-state index in [-0.39, 0.29) is 0 Å². The Morgan fingerprint density at radius 2 is 1.84 bits per heavy atom. The number of rotatable bonds is 6. The zero-order valence-electron chi connectivity index (χ0n) is 13.0. The first-order valence-electron chi connectivity index (χ1n) is 8.42. The molecular weight excluding hydrogens is 234 g/mol. The van der Waals surface area contributed by atoms with Crippen LogP contribution in [0.1, 0.15) is 51.9 Å². The minimum atomic E-state index is 0.780. The van der Waals surface area contributed by atoms with Gasteiger partial charge in [0.05, 0.1) is 0 Å². The van der Waals surface area contributed by atoms with Gasteiger partial charge in [0.15, 0.2) is 0 Å². The van der Waals surface area contributed by atoms with E-state index in [1.54, 1.807) is 0 Å². The van der Waals surface area contributed by atoms with E-state index in [0.717, 1.165) is 12.1 Å². The van der Waals surface area contributed by atoms with Gasteiger partial charge in [-0.3, -0.25) is 0 Å². The minimum Gasteiger partial charge on any atom is -0.315 e. The van der Waals surface area contributed by atoms with Gasteiger partial charge >= 0.3 is 0 Å². The molecule has 2 fully saturated rings. The predicted molar refractivity (Wildman–Crippen MR) is 82.6 cm³/mol. The van der Waals surface area contributed by atoms with Crippen LogP contribution in [-0.2, 0) is 0 Å². The smallest absolute Gasteiger partial charge is 0.0217 e. The molecule has 3 nitrogen and oxygen atoms in total. The molecule has 0 aliphatic carbocycles. The third kappa shape index (κ3) is 5.05. The molecule has 0 spiro atoms. The summed E-state index contributed by atoms with van der Waals surface area (Å²) in [5.41, 5.74) is 0. The van der Waals surface area contributed by atoms with Gasteiger partial charge < -0.3 is 15.1 Å². The highest BCUT2D eigenvalue weighted by Crippen LogP contribution is 2.16. The van der Waals surface area contributed by atoms with E-state index < -0.39 is 0 Å². The van der Waals surface area contributed by atoms with Crippen LogP contribution in [0, 0.1) is 0 Å². The van der Waals surface area contributed by atoms with Gasteiger partial charge in [-0.05, 0) is 72.3 Å². The Bertz CT molecular complexity index is 220. The van der Waals surface area contributed by atoms with Crippen molar-refractivity contribution >= 4 is 0 Å². The third-order valence-corrected chi connectivity index (χ3v) is 5.04. The maximum Gasteiger partial charge on any atom is 0.0217 e. The van der Waals surface area contributed by atoms with Crippen LogP contribution >= 0.6 is 0 Å². The molecule has 2 atom stereocenters. The Labute approximate surface area is 119 Å². The molecule has 0 saturated carbocycles. The Kier molecular flexibility index (Phi) is 6.62. The van der Waals surface area contributed by atoms with E-state index in [9.17, 15) is 0 Å². The normalized spacial score (nSPS) is 30.6. The van der Waals surface area contributed by atoms with Crippen LogP contribution in [0.4, 0.5) is 0 Å².